The first-order valence-corrected chi connectivity index (χ1v) is 7.67. The van der Waals surface area contributed by atoms with E-state index in [1.165, 1.54) is 18.4 Å². The summed E-state index contributed by atoms with van der Waals surface area (Å²) in [7, 11) is 1.76. The largest absolute Gasteiger partial charge is 0.385 e. The Labute approximate surface area is 122 Å². The van der Waals surface area contributed by atoms with Gasteiger partial charge < -0.3 is 14.2 Å². The van der Waals surface area contributed by atoms with Gasteiger partial charge in [-0.05, 0) is 24.8 Å². The van der Waals surface area contributed by atoms with Crippen molar-refractivity contribution in [3.63, 3.8) is 0 Å². The highest BCUT2D eigenvalue weighted by Gasteiger charge is 2.36. The smallest absolute Gasteiger partial charge is 0.194 e. The lowest BCUT2D eigenvalue weighted by molar-refractivity contribution is -0.167. The van der Waals surface area contributed by atoms with E-state index in [2.05, 4.69) is 31.2 Å². The van der Waals surface area contributed by atoms with Gasteiger partial charge in [-0.1, -0.05) is 37.6 Å². The molecule has 0 N–H and O–H groups in total. The van der Waals surface area contributed by atoms with E-state index < -0.39 is 5.79 Å². The zero-order chi connectivity index (χ0) is 14.3. The van der Waals surface area contributed by atoms with Gasteiger partial charge in [0.15, 0.2) is 5.79 Å². The molecule has 0 aliphatic carbocycles. The molecule has 1 aromatic carbocycles. The van der Waals surface area contributed by atoms with Crippen molar-refractivity contribution in [3.05, 3.63) is 35.4 Å². The number of aryl methyl sites for hydroxylation is 1. The Bertz CT molecular complexity index is 380. The van der Waals surface area contributed by atoms with Crippen LogP contribution in [0, 0.1) is 0 Å². The van der Waals surface area contributed by atoms with Crippen LogP contribution >= 0.6 is 0 Å². The Kier molecular flexibility index (Phi) is 6.02. The van der Waals surface area contributed by atoms with E-state index in [-0.39, 0.29) is 0 Å². The summed E-state index contributed by atoms with van der Waals surface area (Å²) in [5.41, 5.74) is 2.52. The van der Waals surface area contributed by atoms with E-state index >= 15 is 0 Å². The zero-order valence-corrected chi connectivity index (χ0v) is 12.7. The van der Waals surface area contributed by atoms with Gasteiger partial charge in [0, 0.05) is 25.7 Å². The molecule has 1 fully saturated rings. The molecule has 0 aromatic heterocycles. The summed E-state index contributed by atoms with van der Waals surface area (Å²) in [4.78, 5) is 0. The molecular weight excluding hydrogens is 252 g/mol. The molecule has 2 rings (SSSR count). The van der Waals surface area contributed by atoms with Crippen molar-refractivity contribution in [3.8, 4) is 0 Å². The fourth-order valence-electron chi connectivity index (χ4n) is 2.71. The van der Waals surface area contributed by atoms with Gasteiger partial charge in [0.2, 0.25) is 0 Å². The Morgan fingerprint density at radius 2 is 1.75 bits per heavy atom. The molecule has 3 heteroatoms. The number of hydrogen-bond acceptors (Lipinski definition) is 3. The number of benzene rings is 1. The van der Waals surface area contributed by atoms with E-state index in [0.717, 1.165) is 31.4 Å². The maximum absolute atomic E-state index is 5.80. The number of unbranched alkanes of at least 4 members (excludes halogenated alkanes) is 2. The van der Waals surface area contributed by atoms with E-state index in [1.807, 2.05) is 0 Å². The summed E-state index contributed by atoms with van der Waals surface area (Å²) in [6.07, 6.45) is 5.57. The van der Waals surface area contributed by atoms with E-state index in [9.17, 15) is 0 Å². The highest BCUT2D eigenvalue weighted by atomic mass is 16.7. The maximum Gasteiger partial charge on any atom is 0.194 e. The summed E-state index contributed by atoms with van der Waals surface area (Å²) in [5.74, 6) is -0.503. The van der Waals surface area contributed by atoms with Crippen molar-refractivity contribution in [2.45, 2.75) is 44.8 Å². The summed E-state index contributed by atoms with van der Waals surface area (Å²) in [5, 5.41) is 0. The number of methoxy groups -OCH3 is 1. The molecule has 0 saturated carbocycles. The monoisotopic (exact) mass is 278 g/mol. The second-order valence-electron chi connectivity index (χ2n) is 5.30. The van der Waals surface area contributed by atoms with Crippen molar-refractivity contribution in [1.82, 2.24) is 0 Å². The van der Waals surface area contributed by atoms with E-state index in [0.29, 0.717) is 13.2 Å². The lowest BCUT2D eigenvalue weighted by Gasteiger charge is -2.26. The first-order valence-electron chi connectivity index (χ1n) is 7.67. The summed E-state index contributed by atoms with van der Waals surface area (Å²) >= 11 is 0. The minimum Gasteiger partial charge on any atom is -0.385 e. The third kappa shape index (κ3) is 3.81. The van der Waals surface area contributed by atoms with Crippen LogP contribution in [0.4, 0.5) is 0 Å². The zero-order valence-electron chi connectivity index (χ0n) is 12.7. The first-order chi connectivity index (χ1) is 9.80. The lowest BCUT2D eigenvalue weighted by atomic mass is 9.99. The molecule has 112 valence electrons. The summed E-state index contributed by atoms with van der Waals surface area (Å²) < 4.78 is 16.7. The van der Waals surface area contributed by atoms with Gasteiger partial charge in [0.05, 0.1) is 13.2 Å². The SMILES string of the molecule is CCC1(c2ccc(CCCCCOC)cc2)OCCO1. The van der Waals surface area contributed by atoms with Gasteiger partial charge in [-0.3, -0.25) is 0 Å². The van der Waals surface area contributed by atoms with Gasteiger partial charge in [0.1, 0.15) is 0 Å². The van der Waals surface area contributed by atoms with Crippen LogP contribution in [-0.4, -0.2) is 26.9 Å². The second-order valence-corrected chi connectivity index (χ2v) is 5.30. The van der Waals surface area contributed by atoms with Crippen LogP contribution < -0.4 is 0 Å². The minimum atomic E-state index is -0.503. The topological polar surface area (TPSA) is 27.7 Å². The molecule has 0 spiro atoms. The van der Waals surface area contributed by atoms with Crippen molar-refractivity contribution in [2.24, 2.45) is 0 Å². The van der Waals surface area contributed by atoms with Crippen molar-refractivity contribution >= 4 is 0 Å². The molecule has 0 bridgehead atoms. The molecule has 0 amide bonds. The standard InChI is InChI=1S/C17H26O3/c1-3-17(19-13-14-20-17)16-10-8-15(9-11-16)7-5-4-6-12-18-2/h8-11H,3-7,12-14H2,1-2H3. The molecule has 1 aliphatic rings. The molecule has 1 saturated heterocycles. The van der Waals surface area contributed by atoms with Crippen LogP contribution in [0.3, 0.4) is 0 Å². The number of rotatable bonds is 8. The minimum absolute atomic E-state index is 0.503. The van der Waals surface area contributed by atoms with Gasteiger partial charge in [-0.15, -0.1) is 0 Å². The van der Waals surface area contributed by atoms with Gasteiger partial charge >= 0.3 is 0 Å². The predicted molar refractivity (Wildman–Crippen MR) is 79.7 cm³/mol. The van der Waals surface area contributed by atoms with Crippen LogP contribution in [0.2, 0.25) is 0 Å². The van der Waals surface area contributed by atoms with Crippen LogP contribution in [0.25, 0.3) is 0 Å². The fraction of sp³-hybridized carbons (Fsp3) is 0.647. The number of hydrogen-bond donors (Lipinski definition) is 0. The third-order valence-electron chi connectivity index (χ3n) is 3.93. The van der Waals surface area contributed by atoms with Crippen LogP contribution in [0.5, 0.6) is 0 Å². The van der Waals surface area contributed by atoms with Gasteiger partial charge in [0.25, 0.3) is 0 Å². The summed E-state index contributed by atoms with van der Waals surface area (Å²) in [6.45, 7) is 4.35. The van der Waals surface area contributed by atoms with E-state index in [1.54, 1.807) is 7.11 Å². The molecule has 1 heterocycles. The van der Waals surface area contributed by atoms with Crippen LogP contribution in [-0.2, 0) is 26.4 Å². The molecular formula is C17H26O3. The van der Waals surface area contributed by atoms with E-state index in [4.69, 9.17) is 14.2 Å². The lowest BCUT2D eigenvalue weighted by Crippen LogP contribution is -2.25. The Hall–Kier alpha value is -0.900. The highest BCUT2D eigenvalue weighted by molar-refractivity contribution is 5.26. The fourth-order valence-corrected chi connectivity index (χ4v) is 2.71. The number of ether oxygens (including phenoxy) is 3. The van der Waals surface area contributed by atoms with Crippen molar-refractivity contribution < 1.29 is 14.2 Å². The highest BCUT2D eigenvalue weighted by Crippen LogP contribution is 2.34. The van der Waals surface area contributed by atoms with Crippen LogP contribution in [0.15, 0.2) is 24.3 Å². The molecule has 0 atom stereocenters. The predicted octanol–water partition coefficient (Wildman–Crippen LogP) is 3.66. The Morgan fingerprint density at radius 3 is 2.35 bits per heavy atom. The quantitative estimate of drug-likeness (QED) is 0.679. The molecule has 1 aromatic rings. The van der Waals surface area contributed by atoms with Crippen molar-refractivity contribution in [1.29, 1.82) is 0 Å². The Balaban J connectivity index is 1.86. The molecule has 0 unspecified atom stereocenters. The molecule has 3 nitrogen and oxygen atoms in total. The summed E-state index contributed by atoms with van der Waals surface area (Å²) in [6, 6.07) is 8.71. The first kappa shape index (κ1) is 15.5. The van der Waals surface area contributed by atoms with Crippen molar-refractivity contribution in [2.75, 3.05) is 26.9 Å². The van der Waals surface area contributed by atoms with Gasteiger partial charge in [-0.2, -0.15) is 0 Å². The molecule has 1 aliphatic heterocycles. The second kappa shape index (κ2) is 7.77. The average Bonchev–Trinajstić information content (AvgIpc) is 2.98. The average molecular weight is 278 g/mol. The third-order valence-corrected chi connectivity index (χ3v) is 3.93. The van der Waals surface area contributed by atoms with Crippen LogP contribution in [0.1, 0.15) is 43.7 Å². The molecule has 20 heavy (non-hydrogen) atoms. The van der Waals surface area contributed by atoms with Gasteiger partial charge in [-0.25, -0.2) is 0 Å². The maximum atomic E-state index is 5.80. The normalized spacial score (nSPS) is 17.5. The Morgan fingerprint density at radius 1 is 1.05 bits per heavy atom. The molecule has 0 radical (unpaired) electrons.